The molecule has 0 aliphatic rings. The average Bonchev–Trinajstić information content (AvgIpc) is 1.83. The number of ether oxygens (including phenoxy) is 1. The Morgan fingerprint density at radius 3 is 2.42 bits per heavy atom. The summed E-state index contributed by atoms with van der Waals surface area (Å²) in [6.45, 7) is 1.66. The Hall–Kier alpha value is -0.290. The fourth-order valence-electron chi connectivity index (χ4n) is 0.629. The zero-order chi connectivity index (χ0) is 9.61. The monoisotopic (exact) mass is 186 g/mol. The van der Waals surface area contributed by atoms with E-state index in [2.05, 4.69) is 0 Å². The number of aliphatic hydroxyl groups excluding tert-OH is 1. The lowest BCUT2D eigenvalue weighted by atomic mass is 10.3. The highest BCUT2D eigenvalue weighted by Crippen LogP contribution is 2.20. The van der Waals surface area contributed by atoms with Crippen LogP contribution in [0.4, 0.5) is 13.2 Å². The van der Waals surface area contributed by atoms with Gasteiger partial charge in [-0.1, -0.05) is 0 Å². The van der Waals surface area contributed by atoms with Crippen LogP contribution in [-0.4, -0.2) is 30.6 Å². The first kappa shape index (κ1) is 11.7. The summed E-state index contributed by atoms with van der Waals surface area (Å²) in [5, 5.41) is 8.66. The number of halogens is 3. The van der Waals surface area contributed by atoms with Gasteiger partial charge in [-0.3, -0.25) is 0 Å². The standard InChI is InChI=1S/C7H13F3O2/c1-6(11)5-12-4-2-3-7(8,9)10/h6,11H,2-5H2,1H3. The van der Waals surface area contributed by atoms with Crippen LogP contribution in [-0.2, 0) is 4.74 Å². The van der Waals surface area contributed by atoms with Crippen molar-refractivity contribution in [2.75, 3.05) is 13.2 Å². The van der Waals surface area contributed by atoms with Crippen molar-refractivity contribution in [3.05, 3.63) is 0 Å². The van der Waals surface area contributed by atoms with Crippen molar-refractivity contribution in [2.24, 2.45) is 0 Å². The van der Waals surface area contributed by atoms with Gasteiger partial charge in [-0.25, -0.2) is 0 Å². The van der Waals surface area contributed by atoms with Crippen molar-refractivity contribution in [3.63, 3.8) is 0 Å². The zero-order valence-electron chi connectivity index (χ0n) is 6.90. The van der Waals surface area contributed by atoms with Gasteiger partial charge in [0.15, 0.2) is 0 Å². The quantitative estimate of drug-likeness (QED) is 0.662. The molecule has 0 aromatic heterocycles. The second kappa shape index (κ2) is 5.37. The molecule has 0 bridgehead atoms. The average molecular weight is 186 g/mol. The normalized spacial score (nSPS) is 14.8. The van der Waals surface area contributed by atoms with Crippen LogP contribution in [0, 0.1) is 0 Å². The van der Waals surface area contributed by atoms with Gasteiger partial charge in [-0.2, -0.15) is 13.2 Å². The molecule has 0 amide bonds. The third-order valence-electron chi connectivity index (χ3n) is 1.11. The van der Waals surface area contributed by atoms with Gasteiger partial charge in [0.2, 0.25) is 0 Å². The molecule has 0 saturated heterocycles. The zero-order valence-corrected chi connectivity index (χ0v) is 6.90. The van der Waals surface area contributed by atoms with Crippen molar-refractivity contribution < 1.29 is 23.0 Å². The van der Waals surface area contributed by atoms with Crippen LogP contribution in [0.3, 0.4) is 0 Å². The van der Waals surface area contributed by atoms with Crippen LogP contribution in [0.25, 0.3) is 0 Å². The molecule has 0 fully saturated rings. The lowest BCUT2D eigenvalue weighted by Gasteiger charge is -2.07. The van der Waals surface area contributed by atoms with E-state index in [9.17, 15) is 13.2 Å². The molecule has 12 heavy (non-hydrogen) atoms. The smallest absolute Gasteiger partial charge is 0.389 e. The number of rotatable bonds is 5. The maximum absolute atomic E-state index is 11.5. The molecule has 5 heteroatoms. The maximum atomic E-state index is 11.5. The minimum Gasteiger partial charge on any atom is -0.391 e. The molecule has 0 spiro atoms. The van der Waals surface area contributed by atoms with E-state index in [1.165, 1.54) is 6.92 Å². The van der Waals surface area contributed by atoms with E-state index >= 15 is 0 Å². The Morgan fingerprint density at radius 2 is 2.00 bits per heavy atom. The van der Waals surface area contributed by atoms with E-state index in [1.807, 2.05) is 0 Å². The van der Waals surface area contributed by atoms with Crippen LogP contribution in [0.2, 0.25) is 0 Å². The van der Waals surface area contributed by atoms with Crippen molar-refractivity contribution in [2.45, 2.75) is 32.0 Å². The summed E-state index contributed by atoms with van der Waals surface area (Å²) >= 11 is 0. The van der Waals surface area contributed by atoms with Gasteiger partial charge in [-0.05, 0) is 13.3 Å². The summed E-state index contributed by atoms with van der Waals surface area (Å²) in [7, 11) is 0. The van der Waals surface area contributed by atoms with Crippen LogP contribution < -0.4 is 0 Å². The van der Waals surface area contributed by atoms with Gasteiger partial charge < -0.3 is 9.84 Å². The molecule has 0 saturated carbocycles. The summed E-state index contributed by atoms with van der Waals surface area (Å²) < 4.78 is 39.4. The molecular weight excluding hydrogens is 173 g/mol. The first-order valence-electron chi connectivity index (χ1n) is 3.74. The third kappa shape index (κ3) is 9.71. The predicted molar refractivity (Wildman–Crippen MR) is 37.8 cm³/mol. The van der Waals surface area contributed by atoms with Crippen LogP contribution in [0.1, 0.15) is 19.8 Å². The summed E-state index contributed by atoms with van der Waals surface area (Å²) in [4.78, 5) is 0. The Bertz CT molecular complexity index is 112. The summed E-state index contributed by atoms with van der Waals surface area (Å²) in [5.41, 5.74) is 0. The molecule has 0 aromatic rings. The van der Waals surface area contributed by atoms with Crippen LogP contribution in [0.15, 0.2) is 0 Å². The van der Waals surface area contributed by atoms with Crippen LogP contribution >= 0.6 is 0 Å². The fourth-order valence-corrected chi connectivity index (χ4v) is 0.629. The fraction of sp³-hybridized carbons (Fsp3) is 1.00. The minimum absolute atomic E-state index is 0.0454. The first-order chi connectivity index (χ1) is 5.42. The summed E-state index contributed by atoms with van der Waals surface area (Å²) in [5.74, 6) is 0. The Morgan fingerprint density at radius 1 is 1.42 bits per heavy atom. The van der Waals surface area contributed by atoms with Gasteiger partial charge in [0.25, 0.3) is 0 Å². The van der Waals surface area contributed by atoms with Crippen LogP contribution in [0.5, 0.6) is 0 Å². The first-order valence-corrected chi connectivity index (χ1v) is 3.74. The Balaban J connectivity index is 3.12. The molecule has 1 atom stereocenters. The van der Waals surface area contributed by atoms with Gasteiger partial charge in [0, 0.05) is 13.0 Å². The highest BCUT2D eigenvalue weighted by Gasteiger charge is 2.25. The molecule has 0 aliphatic heterocycles. The number of hydrogen-bond donors (Lipinski definition) is 1. The lowest BCUT2D eigenvalue weighted by molar-refractivity contribution is -0.138. The Kier molecular flexibility index (Phi) is 5.24. The van der Waals surface area contributed by atoms with Gasteiger partial charge in [0.05, 0.1) is 12.7 Å². The predicted octanol–water partition coefficient (Wildman–Crippen LogP) is 1.73. The topological polar surface area (TPSA) is 29.5 Å². The lowest BCUT2D eigenvalue weighted by Crippen LogP contribution is -2.13. The maximum Gasteiger partial charge on any atom is 0.389 e. The van der Waals surface area contributed by atoms with E-state index in [4.69, 9.17) is 9.84 Å². The molecule has 1 N–H and O–H groups in total. The number of aliphatic hydroxyl groups is 1. The van der Waals surface area contributed by atoms with E-state index in [1.54, 1.807) is 0 Å². The van der Waals surface area contributed by atoms with Gasteiger partial charge in [0.1, 0.15) is 0 Å². The highest BCUT2D eigenvalue weighted by molar-refractivity contribution is 4.50. The van der Waals surface area contributed by atoms with Crippen molar-refractivity contribution >= 4 is 0 Å². The van der Waals surface area contributed by atoms with Crippen molar-refractivity contribution in [3.8, 4) is 0 Å². The number of alkyl halides is 3. The Labute approximate surface area is 69.3 Å². The van der Waals surface area contributed by atoms with Crippen molar-refractivity contribution in [1.82, 2.24) is 0 Å². The largest absolute Gasteiger partial charge is 0.391 e. The van der Waals surface area contributed by atoms with Crippen molar-refractivity contribution in [1.29, 1.82) is 0 Å². The number of hydrogen-bond acceptors (Lipinski definition) is 2. The molecular formula is C7H13F3O2. The minimum atomic E-state index is -4.10. The highest BCUT2D eigenvalue weighted by atomic mass is 19.4. The van der Waals surface area contributed by atoms with E-state index in [0.29, 0.717) is 0 Å². The van der Waals surface area contributed by atoms with E-state index in [0.717, 1.165) is 0 Å². The second-order valence-electron chi connectivity index (χ2n) is 2.64. The summed E-state index contributed by atoms with van der Waals surface area (Å²) in [6.07, 6.45) is -5.59. The SMILES string of the molecule is CC(O)COCCCC(F)(F)F. The molecule has 0 heterocycles. The molecule has 0 aromatic carbocycles. The molecule has 0 radical (unpaired) electrons. The third-order valence-corrected chi connectivity index (χ3v) is 1.11. The van der Waals surface area contributed by atoms with Gasteiger partial charge >= 0.3 is 6.18 Å². The van der Waals surface area contributed by atoms with E-state index in [-0.39, 0.29) is 19.6 Å². The molecule has 1 unspecified atom stereocenters. The molecule has 0 aliphatic carbocycles. The molecule has 2 nitrogen and oxygen atoms in total. The van der Waals surface area contributed by atoms with E-state index < -0.39 is 18.7 Å². The van der Waals surface area contributed by atoms with Gasteiger partial charge in [-0.15, -0.1) is 0 Å². The molecule has 0 rings (SSSR count). The molecule has 74 valence electrons. The second-order valence-corrected chi connectivity index (χ2v) is 2.64. The summed E-state index contributed by atoms with van der Waals surface area (Å²) in [6, 6.07) is 0.